The normalized spacial score (nSPS) is 10.9. The monoisotopic (exact) mass is 424 g/mol. The first-order valence-electron chi connectivity index (χ1n) is 10.2. The van der Waals surface area contributed by atoms with Crippen LogP contribution in [0.5, 0.6) is 0 Å². The molecule has 0 aromatic heterocycles. The first kappa shape index (κ1) is 23.9. The summed E-state index contributed by atoms with van der Waals surface area (Å²) < 4.78 is 0. The average Bonchev–Trinajstić information content (AvgIpc) is 2.63. The molecule has 7 heteroatoms. The third-order valence-electron chi connectivity index (χ3n) is 4.53. The van der Waals surface area contributed by atoms with E-state index in [1.807, 2.05) is 53.7 Å². The number of nitrogens with one attached hydrogen (secondary N) is 3. The number of likely N-dealkylation sites (N-methyl/N-ethyl adjacent to an activating group) is 1. The second-order valence-electron chi connectivity index (χ2n) is 8.89. The molecule has 0 radical (unpaired) electrons. The third kappa shape index (κ3) is 7.13. The SMILES string of the molecule is Cc1cc(C)c(NC(=O)CN(C)C(=O)Nc2cccc(C(=O)NC(C)(C)C)c2)c(C)c1. The maximum absolute atomic E-state index is 12.5. The second kappa shape index (κ2) is 9.64. The molecule has 3 N–H and O–H groups in total. The van der Waals surface area contributed by atoms with Crippen LogP contribution < -0.4 is 16.0 Å². The molecule has 2 aromatic rings. The van der Waals surface area contributed by atoms with Crippen molar-refractivity contribution in [1.82, 2.24) is 10.2 Å². The quantitative estimate of drug-likeness (QED) is 0.670. The van der Waals surface area contributed by atoms with Crippen molar-refractivity contribution in [3.05, 3.63) is 58.7 Å². The highest BCUT2D eigenvalue weighted by molar-refractivity contribution is 5.99. The molecule has 0 aliphatic rings. The predicted octanol–water partition coefficient (Wildman–Crippen LogP) is 4.24. The molecule has 2 aromatic carbocycles. The Labute approximate surface area is 184 Å². The van der Waals surface area contributed by atoms with E-state index < -0.39 is 6.03 Å². The molecule has 0 aliphatic carbocycles. The summed E-state index contributed by atoms with van der Waals surface area (Å²) in [6, 6.07) is 10.2. The standard InChI is InChI=1S/C24H32N4O3/c1-15-11-16(2)21(17(3)12-15)26-20(29)14-28(7)23(31)25-19-10-8-9-18(13-19)22(30)27-24(4,5)6/h8-13H,14H2,1-7H3,(H,25,31)(H,26,29)(H,27,30). The topological polar surface area (TPSA) is 90.5 Å². The fraction of sp³-hybridized carbons (Fsp3) is 0.375. The van der Waals surface area contributed by atoms with Crippen LogP contribution in [0.3, 0.4) is 0 Å². The van der Waals surface area contributed by atoms with Gasteiger partial charge in [-0.25, -0.2) is 4.79 Å². The lowest BCUT2D eigenvalue weighted by Crippen LogP contribution is -2.40. The van der Waals surface area contributed by atoms with Crippen molar-refractivity contribution in [2.75, 3.05) is 24.2 Å². The summed E-state index contributed by atoms with van der Waals surface area (Å²) in [7, 11) is 1.54. The van der Waals surface area contributed by atoms with Crippen LogP contribution in [-0.2, 0) is 4.79 Å². The zero-order valence-electron chi connectivity index (χ0n) is 19.3. The molecule has 0 saturated heterocycles. The highest BCUT2D eigenvalue weighted by atomic mass is 16.2. The van der Waals surface area contributed by atoms with Crippen LogP contribution in [-0.4, -0.2) is 41.9 Å². The van der Waals surface area contributed by atoms with Gasteiger partial charge in [0, 0.05) is 29.5 Å². The maximum Gasteiger partial charge on any atom is 0.322 e. The number of hydrogen-bond donors (Lipinski definition) is 3. The van der Waals surface area contributed by atoms with E-state index in [1.165, 1.54) is 4.90 Å². The van der Waals surface area contributed by atoms with Gasteiger partial charge in [0.05, 0.1) is 0 Å². The number of aryl methyl sites for hydroxylation is 3. The van der Waals surface area contributed by atoms with Crippen LogP contribution in [0.2, 0.25) is 0 Å². The lowest BCUT2D eigenvalue weighted by atomic mass is 10.1. The van der Waals surface area contributed by atoms with Gasteiger partial charge in [-0.1, -0.05) is 23.8 Å². The number of urea groups is 1. The Morgan fingerprint density at radius 3 is 2.13 bits per heavy atom. The van der Waals surface area contributed by atoms with Crippen LogP contribution >= 0.6 is 0 Å². The Bertz CT molecular complexity index is 970. The van der Waals surface area contributed by atoms with Crippen LogP contribution in [0.1, 0.15) is 47.8 Å². The van der Waals surface area contributed by atoms with Gasteiger partial charge in [0.25, 0.3) is 5.91 Å². The molecule has 0 heterocycles. The highest BCUT2D eigenvalue weighted by Crippen LogP contribution is 2.22. The highest BCUT2D eigenvalue weighted by Gasteiger charge is 2.17. The minimum Gasteiger partial charge on any atom is -0.347 e. The number of nitrogens with zero attached hydrogens (tertiary/aromatic N) is 1. The van der Waals surface area contributed by atoms with Crippen molar-refractivity contribution >= 4 is 29.2 Å². The van der Waals surface area contributed by atoms with E-state index in [2.05, 4.69) is 16.0 Å². The van der Waals surface area contributed by atoms with Gasteiger partial charge in [-0.2, -0.15) is 0 Å². The summed E-state index contributed by atoms with van der Waals surface area (Å²) in [5, 5.41) is 8.50. The van der Waals surface area contributed by atoms with E-state index in [9.17, 15) is 14.4 Å². The summed E-state index contributed by atoms with van der Waals surface area (Å²) in [4.78, 5) is 38.6. The molecule has 0 spiro atoms. The van der Waals surface area contributed by atoms with Gasteiger partial charge in [0.15, 0.2) is 0 Å². The van der Waals surface area contributed by atoms with E-state index in [0.29, 0.717) is 11.3 Å². The van der Waals surface area contributed by atoms with E-state index in [1.54, 1.807) is 31.3 Å². The number of benzene rings is 2. The minimum atomic E-state index is -0.444. The zero-order valence-corrected chi connectivity index (χ0v) is 19.3. The van der Waals surface area contributed by atoms with Crippen LogP contribution in [0.15, 0.2) is 36.4 Å². The molecule has 31 heavy (non-hydrogen) atoms. The number of rotatable bonds is 5. The Hall–Kier alpha value is -3.35. The smallest absolute Gasteiger partial charge is 0.322 e. The molecular weight excluding hydrogens is 392 g/mol. The molecule has 0 aliphatic heterocycles. The second-order valence-corrected chi connectivity index (χ2v) is 8.89. The van der Waals surface area contributed by atoms with Crippen LogP contribution in [0.25, 0.3) is 0 Å². The Kier molecular flexibility index (Phi) is 7.44. The molecule has 7 nitrogen and oxygen atoms in total. The predicted molar refractivity (Wildman–Crippen MR) is 125 cm³/mol. The van der Waals surface area contributed by atoms with Gasteiger partial charge in [-0.3, -0.25) is 9.59 Å². The number of carbonyl (C=O) groups excluding carboxylic acids is 3. The van der Waals surface area contributed by atoms with Gasteiger partial charge in [-0.05, 0) is 70.9 Å². The minimum absolute atomic E-state index is 0.108. The summed E-state index contributed by atoms with van der Waals surface area (Å²) in [6.07, 6.45) is 0. The Balaban J connectivity index is 1.99. The lowest BCUT2D eigenvalue weighted by Gasteiger charge is -2.21. The zero-order chi connectivity index (χ0) is 23.3. The number of amides is 4. The van der Waals surface area contributed by atoms with Crippen molar-refractivity contribution in [1.29, 1.82) is 0 Å². The summed E-state index contributed by atoms with van der Waals surface area (Å²) >= 11 is 0. The molecule has 2 rings (SSSR count). The molecule has 0 bridgehead atoms. The van der Waals surface area contributed by atoms with Gasteiger partial charge in [-0.15, -0.1) is 0 Å². The first-order chi connectivity index (χ1) is 14.4. The maximum atomic E-state index is 12.5. The summed E-state index contributed by atoms with van der Waals surface area (Å²) in [5.41, 5.74) is 4.40. The average molecular weight is 425 g/mol. The molecule has 0 atom stereocenters. The van der Waals surface area contributed by atoms with Crippen molar-refractivity contribution in [3.63, 3.8) is 0 Å². The van der Waals surface area contributed by atoms with Gasteiger partial charge < -0.3 is 20.9 Å². The Morgan fingerprint density at radius 1 is 0.935 bits per heavy atom. The summed E-state index contributed by atoms with van der Waals surface area (Å²) in [6.45, 7) is 11.5. The molecule has 0 saturated carbocycles. The van der Waals surface area contributed by atoms with Crippen LogP contribution in [0.4, 0.5) is 16.2 Å². The van der Waals surface area contributed by atoms with E-state index in [-0.39, 0.29) is 23.9 Å². The van der Waals surface area contributed by atoms with E-state index in [4.69, 9.17) is 0 Å². The largest absolute Gasteiger partial charge is 0.347 e. The third-order valence-corrected chi connectivity index (χ3v) is 4.53. The Morgan fingerprint density at radius 2 is 1.55 bits per heavy atom. The fourth-order valence-electron chi connectivity index (χ4n) is 3.21. The van der Waals surface area contributed by atoms with E-state index >= 15 is 0 Å². The van der Waals surface area contributed by atoms with Crippen molar-refractivity contribution in [3.8, 4) is 0 Å². The van der Waals surface area contributed by atoms with E-state index in [0.717, 1.165) is 22.4 Å². The van der Waals surface area contributed by atoms with Crippen molar-refractivity contribution < 1.29 is 14.4 Å². The molecular formula is C24H32N4O3. The van der Waals surface area contributed by atoms with Gasteiger partial charge in [0.2, 0.25) is 5.91 Å². The number of anilines is 2. The molecule has 0 fully saturated rings. The molecule has 166 valence electrons. The number of carbonyl (C=O) groups is 3. The van der Waals surface area contributed by atoms with Crippen molar-refractivity contribution in [2.45, 2.75) is 47.1 Å². The van der Waals surface area contributed by atoms with Gasteiger partial charge in [0.1, 0.15) is 6.54 Å². The van der Waals surface area contributed by atoms with Crippen molar-refractivity contribution in [2.24, 2.45) is 0 Å². The molecule has 4 amide bonds. The van der Waals surface area contributed by atoms with Crippen LogP contribution in [0, 0.1) is 20.8 Å². The van der Waals surface area contributed by atoms with Gasteiger partial charge >= 0.3 is 6.03 Å². The fourth-order valence-corrected chi connectivity index (χ4v) is 3.21. The lowest BCUT2D eigenvalue weighted by molar-refractivity contribution is -0.116. The number of hydrogen-bond acceptors (Lipinski definition) is 3. The molecule has 0 unspecified atom stereocenters. The first-order valence-corrected chi connectivity index (χ1v) is 10.2. The summed E-state index contributed by atoms with van der Waals surface area (Å²) in [5.74, 6) is -0.508.